The summed E-state index contributed by atoms with van der Waals surface area (Å²) in [5.41, 5.74) is 0. The maximum atomic E-state index is 6.41. The first kappa shape index (κ1) is 14.2. The zero-order valence-corrected chi connectivity index (χ0v) is 13.1. The summed E-state index contributed by atoms with van der Waals surface area (Å²) in [7, 11) is 0. The average Bonchev–Trinajstić information content (AvgIpc) is 2.79. The van der Waals surface area contributed by atoms with E-state index in [0.29, 0.717) is 29.5 Å². The molecule has 0 N–H and O–H groups in total. The standard InChI is InChI=1S/C16H28O2S/c1-3-8-17-11-5-7-12-13-6-4-10(2)16(19)15(13)18-14(12)9-11/h10-16,19H,3-9H2,1-2H3. The Morgan fingerprint density at radius 2 is 1.95 bits per heavy atom. The predicted octanol–water partition coefficient (Wildman–Crippen LogP) is 3.69. The third kappa shape index (κ3) is 2.71. The van der Waals surface area contributed by atoms with Crippen LogP contribution < -0.4 is 0 Å². The van der Waals surface area contributed by atoms with Gasteiger partial charge in [-0.25, -0.2) is 0 Å². The molecule has 0 aromatic heterocycles. The van der Waals surface area contributed by atoms with Gasteiger partial charge in [0.15, 0.2) is 0 Å². The molecule has 2 nitrogen and oxygen atoms in total. The molecule has 0 aromatic rings. The van der Waals surface area contributed by atoms with Gasteiger partial charge in [0.1, 0.15) is 0 Å². The van der Waals surface area contributed by atoms with E-state index in [1.54, 1.807) is 0 Å². The lowest BCUT2D eigenvalue weighted by molar-refractivity contribution is -0.0503. The van der Waals surface area contributed by atoms with E-state index in [2.05, 4.69) is 13.8 Å². The molecule has 0 amide bonds. The maximum Gasteiger partial charge on any atom is 0.0729 e. The first-order valence-corrected chi connectivity index (χ1v) is 8.67. The molecule has 1 heterocycles. The summed E-state index contributed by atoms with van der Waals surface area (Å²) in [6, 6.07) is 0. The zero-order valence-electron chi connectivity index (χ0n) is 12.3. The Bertz CT molecular complexity index is 309. The van der Waals surface area contributed by atoms with Gasteiger partial charge in [-0.15, -0.1) is 0 Å². The van der Waals surface area contributed by atoms with Crippen LogP contribution in [0.15, 0.2) is 0 Å². The molecule has 3 rings (SSSR count). The van der Waals surface area contributed by atoms with Crippen molar-refractivity contribution in [3.8, 4) is 0 Å². The summed E-state index contributed by atoms with van der Waals surface area (Å²) in [6.45, 7) is 5.41. The van der Waals surface area contributed by atoms with Crippen LogP contribution in [0.2, 0.25) is 0 Å². The lowest BCUT2D eigenvalue weighted by Crippen LogP contribution is -2.38. The van der Waals surface area contributed by atoms with E-state index < -0.39 is 0 Å². The van der Waals surface area contributed by atoms with E-state index in [1.165, 1.54) is 25.7 Å². The van der Waals surface area contributed by atoms with Gasteiger partial charge in [-0.3, -0.25) is 0 Å². The molecule has 2 saturated carbocycles. The molecular weight excluding hydrogens is 256 g/mol. The fourth-order valence-electron chi connectivity index (χ4n) is 4.41. The van der Waals surface area contributed by atoms with Crippen molar-refractivity contribution in [3.05, 3.63) is 0 Å². The number of ether oxygens (including phenoxy) is 2. The van der Waals surface area contributed by atoms with Gasteiger partial charge in [-0.1, -0.05) is 13.8 Å². The normalized spacial score (nSPS) is 49.7. The van der Waals surface area contributed by atoms with Gasteiger partial charge in [0.2, 0.25) is 0 Å². The van der Waals surface area contributed by atoms with Gasteiger partial charge in [0.25, 0.3) is 0 Å². The topological polar surface area (TPSA) is 18.5 Å². The fraction of sp³-hybridized carbons (Fsp3) is 1.00. The Kier molecular flexibility index (Phi) is 4.45. The second kappa shape index (κ2) is 5.95. The predicted molar refractivity (Wildman–Crippen MR) is 80.7 cm³/mol. The summed E-state index contributed by atoms with van der Waals surface area (Å²) < 4.78 is 12.3. The highest BCUT2D eigenvalue weighted by molar-refractivity contribution is 7.81. The number of thiol groups is 1. The largest absolute Gasteiger partial charge is 0.378 e. The molecule has 3 heteroatoms. The van der Waals surface area contributed by atoms with E-state index in [-0.39, 0.29) is 0 Å². The molecule has 1 aliphatic heterocycles. The van der Waals surface area contributed by atoms with Gasteiger partial charge in [-0.2, -0.15) is 12.6 Å². The Morgan fingerprint density at radius 1 is 1.16 bits per heavy atom. The summed E-state index contributed by atoms with van der Waals surface area (Å²) in [5.74, 6) is 2.27. The van der Waals surface area contributed by atoms with Crippen molar-refractivity contribution in [2.75, 3.05) is 6.61 Å². The Hall–Kier alpha value is 0.270. The van der Waals surface area contributed by atoms with Crippen LogP contribution in [0.1, 0.15) is 52.4 Å². The van der Waals surface area contributed by atoms with Crippen molar-refractivity contribution in [2.45, 2.75) is 75.9 Å². The monoisotopic (exact) mass is 284 g/mol. The zero-order chi connectivity index (χ0) is 13.4. The minimum Gasteiger partial charge on any atom is -0.378 e. The van der Waals surface area contributed by atoms with Gasteiger partial charge in [0, 0.05) is 18.3 Å². The molecule has 19 heavy (non-hydrogen) atoms. The fourth-order valence-corrected chi connectivity index (χ4v) is 4.85. The van der Waals surface area contributed by atoms with E-state index in [0.717, 1.165) is 31.3 Å². The molecule has 110 valence electrons. The second-order valence-electron chi connectivity index (χ2n) is 6.82. The van der Waals surface area contributed by atoms with Crippen molar-refractivity contribution in [1.82, 2.24) is 0 Å². The summed E-state index contributed by atoms with van der Waals surface area (Å²) >= 11 is 4.83. The molecule has 0 radical (unpaired) electrons. The van der Waals surface area contributed by atoms with Crippen molar-refractivity contribution in [3.63, 3.8) is 0 Å². The number of hydrogen-bond donors (Lipinski definition) is 1. The van der Waals surface area contributed by atoms with Gasteiger partial charge >= 0.3 is 0 Å². The van der Waals surface area contributed by atoms with E-state index in [9.17, 15) is 0 Å². The summed E-state index contributed by atoms with van der Waals surface area (Å²) in [6.07, 6.45) is 8.76. The molecule has 3 aliphatic rings. The van der Waals surface area contributed by atoms with Crippen LogP contribution >= 0.6 is 12.6 Å². The minimum absolute atomic E-state index is 0.409. The third-order valence-electron chi connectivity index (χ3n) is 5.53. The van der Waals surface area contributed by atoms with Gasteiger partial charge < -0.3 is 9.47 Å². The smallest absolute Gasteiger partial charge is 0.0729 e. The summed E-state index contributed by atoms with van der Waals surface area (Å²) in [5, 5.41) is 0.444. The number of fused-ring (bicyclic) bond motifs is 3. The molecule has 0 aromatic carbocycles. The van der Waals surface area contributed by atoms with Gasteiger partial charge in [-0.05, 0) is 49.9 Å². The SMILES string of the molecule is CCCOC1CCC2C(C1)OC1C(S)C(C)CCC21. The Balaban J connectivity index is 1.62. The summed E-state index contributed by atoms with van der Waals surface area (Å²) in [4.78, 5) is 0. The average molecular weight is 284 g/mol. The molecule has 7 unspecified atom stereocenters. The molecule has 1 saturated heterocycles. The molecular formula is C16H28O2S. The van der Waals surface area contributed by atoms with E-state index >= 15 is 0 Å². The van der Waals surface area contributed by atoms with Crippen molar-refractivity contribution >= 4 is 12.6 Å². The van der Waals surface area contributed by atoms with Crippen LogP contribution in [0.4, 0.5) is 0 Å². The van der Waals surface area contributed by atoms with Crippen LogP contribution in [0.25, 0.3) is 0 Å². The molecule has 0 spiro atoms. The Labute approximate surface area is 123 Å². The van der Waals surface area contributed by atoms with E-state index in [1.807, 2.05) is 0 Å². The first-order chi connectivity index (χ1) is 9.20. The third-order valence-corrected chi connectivity index (χ3v) is 6.33. The van der Waals surface area contributed by atoms with Crippen LogP contribution in [0, 0.1) is 17.8 Å². The lowest BCUT2D eigenvalue weighted by atomic mass is 9.70. The van der Waals surface area contributed by atoms with Crippen molar-refractivity contribution in [2.24, 2.45) is 17.8 Å². The molecule has 0 bridgehead atoms. The highest BCUT2D eigenvalue weighted by Gasteiger charge is 2.51. The lowest BCUT2D eigenvalue weighted by Gasteiger charge is -2.37. The van der Waals surface area contributed by atoms with Crippen LogP contribution in [-0.4, -0.2) is 30.2 Å². The van der Waals surface area contributed by atoms with Gasteiger partial charge in [0.05, 0.1) is 18.3 Å². The number of hydrogen-bond acceptors (Lipinski definition) is 3. The molecule has 3 fully saturated rings. The van der Waals surface area contributed by atoms with Crippen molar-refractivity contribution in [1.29, 1.82) is 0 Å². The van der Waals surface area contributed by atoms with Crippen LogP contribution in [0.3, 0.4) is 0 Å². The highest BCUT2D eigenvalue weighted by Crippen LogP contribution is 2.50. The Morgan fingerprint density at radius 3 is 2.74 bits per heavy atom. The highest BCUT2D eigenvalue weighted by atomic mass is 32.1. The molecule has 7 atom stereocenters. The maximum absolute atomic E-state index is 6.41. The van der Waals surface area contributed by atoms with Crippen LogP contribution in [0.5, 0.6) is 0 Å². The first-order valence-electron chi connectivity index (χ1n) is 8.15. The quantitative estimate of drug-likeness (QED) is 0.797. The number of rotatable bonds is 3. The minimum atomic E-state index is 0.409. The van der Waals surface area contributed by atoms with Crippen LogP contribution in [-0.2, 0) is 9.47 Å². The second-order valence-corrected chi connectivity index (χ2v) is 7.41. The molecule has 2 aliphatic carbocycles. The van der Waals surface area contributed by atoms with E-state index in [4.69, 9.17) is 22.1 Å². The van der Waals surface area contributed by atoms with Crippen molar-refractivity contribution < 1.29 is 9.47 Å².